The molecule has 2 aromatic rings. The van der Waals surface area contributed by atoms with Gasteiger partial charge >= 0.3 is 0 Å². The van der Waals surface area contributed by atoms with Gasteiger partial charge in [0.25, 0.3) is 0 Å². The van der Waals surface area contributed by atoms with Crippen LogP contribution in [0.2, 0.25) is 0 Å². The minimum absolute atomic E-state index is 0.0669. The van der Waals surface area contributed by atoms with Crippen molar-refractivity contribution in [2.75, 3.05) is 7.11 Å². The lowest BCUT2D eigenvalue weighted by Gasteiger charge is -2.16. The quantitative estimate of drug-likeness (QED) is 0.825. The van der Waals surface area contributed by atoms with Crippen LogP contribution in [-0.2, 0) is 6.54 Å². The summed E-state index contributed by atoms with van der Waals surface area (Å²) in [7, 11) is 1.66. The molecule has 1 unspecified atom stereocenters. The van der Waals surface area contributed by atoms with Crippen molar-refractivity contribution < 1.29 is 4.74 Å². The molecule has 0 aliphatic rings. The summed E-state index contributed by atoms with van der Waals surface area (Å²) in [6.07, 6.45) is 0.913. The molecule has 1 atom stereocenters. The van der Waals surface area contributed by atoms with E-state index >= 15 is 0 Å². The molecule has 1 aromatic heterocycles. The molecule has 0 fully saturated rings. The Morgan fingerprint density at radius 3 is 2.71 bits per heavy atom. The Morgan fingerprint density at radius 2 is 2.14 bits per heavy atom. The lowest BCUT2D eigenvalue weighted by Crippen LogP contribution is -2.19. The molecular weight excluding hydrogens is 262 g/mol. The van der Waals surface area contributed by atoms with E-state index in [1.165, 1.54) is 0 Å². The minimum atomic E-state index is -0.0669. The van der Waals surface area contributed by atoms with Crippen LogP contribution in [0, 0.1) is 5.92 Å². The van der Waals surface area contributed by atoms with Crippen LogP contribution >= 0.6 is 0 Å². The van der Waals surface area contributed by atoms with Crippen molar-refractivity contribution in [2.24, 2.45) is 11.7 Å². The lowest BCUT2D eigenvalue weighted by molar-refractivity contribution is 0.415. The number of benzene rings is 1. The Bertz CT molecular complexity index is 643. The van der Waals surface area contributed by atoms with Gasteiger partial charge in [-0.05, 0) is 31.4 Å². The Morgan fingerprint density at radius 1 is 1.43 bits per heavy atom. The first-order valence-corrected chi connectivity index (χ1v) is 7.36. The van der Waals surface area contributed by atoms with Gasteiger partial charge in [-0.15, -0.1) is 0 Å². The molecule has 0 aliphatic carbocycles. The van der Waals surface area contributed by atoms with Crippen molar-refractivity contribution in [3.8, 4) is 5.75 Å². The number of rotatable bonds is 6. The van der Waals surface area contributed by atoms with Gasteiger partial charge in [0.15, 0.2) is 0 Å². The fourth-order valence-electron chi connectivity index (χ4n) is 2.59. The monoisotopic (exact) mass is 287 g/mol. The van der Waals surface area contributed by atoms with E-state index in [2.05, 4.69) is 25.0 Å². The first-order chi connectivity index (χ1) is 9.92. The van der Waals surface area contributed by atoms with Gasteiger partial charge in [-0.2, -0.15) is 0 Å². The molecule has 0 radical (unpaired) electrons. The fraction of sp³-hybridized carbons (Fsp3) is 0.471. The van der Waals surface area contributed by atoms with E-state index in [1.54, 1.807) is 7.11 Å². The molecule has 0 amide bonds. The fourth-order valence-corrected chi connectivity index (χ4v) is 2.59. The Labute approximate surface area is 126 Å². The number of aromatic nitrogens is 2. The van der Waals surface area contributed by atoms with Gasteiger partial charge in [0.1, 0.15) is 11.6 Å². The Balaban J connectivity index is 2.53. The molecule has 21 heavy (non-hydrogen) atoms. The maximum Gasteiger partial charge on any atom is 0.127 e. The molecule has 0 spiro atoms. The maximum atomic E-state index is 6.36. The smallest absolute Gasteiger partial charge is 0.127 e. The summed E-state index contributed by atoms with van der Waals surface area (Å²) in [6.45, 7) is 11.1. The summed E-state index contributed by atoms with van der Waals surface area (Å²) in [6, 6.07) is 5.88. The molecular formula is C17H25N3O. The van der Waals surface area contributed by atoms with Gasteiger partial charge in [0.05, 0.1) is 24.2 Å². The average Bonchev–Trinajstić information content (AvgIpc) is 2.75. The second-order valence-corrected chi connectivity index (χ2v) is 6.10. The summed E-state index contributed by atoms with van der Waals surface area (Å²) in [4.78, 5) is 4.74. The van der Waals surface area contributed by atoms with Crippen LogP contribution < -0.4 is 10.5 Å². The minimum Gasteiger partial charge on any atom is -0.497 e. The topological polar surface area (TPSA) is 53.1 Å². The molecule has 0 saturated heterocycles. The second kappa shape index (κ2) is 6.31. The van der Waals surface area contributed by atoms with E-state index < -0.39 is 0 Å². The highest BCUT2D eigenvalue weighted by Gasteiger charge is 2.18. The van der Waals surface area contributed by atoms with Gasteiger partial charge in [0.2, 0.25) is 0 Å². The normalized spacial score (nSPS) is 12.9. The highest BCUT2D eigenvalue weighted by atomic mass is 16.5. The molecule has 1 heterocycles. The molecule has 2 rings (SSSR count). The molecule has 0 saturated carbocycles. The van der Waals surface area contributed by atoms with E-state index in [0.717, 1.165) is 41.1 Å². The van der Waals surface area contributed by atoms with Crippen molar-refractivity contribution in [1.82, 2.24) is 9.55 Å². The van der Waals surface area contributed by atoms with Crippen LogP contribution in [-0.4, -0.2) is 16.7 Å². The van der Waals surface area contributed by atoms with Crippen molar-refractivity contribution in [2.45, 2.75) is 39.8 Å². The van der Waals surface area contributed by atoms with Crippen LogP contribution in [0.5, 0.6) is 5.75 Å². The van der Waals surface area contributed by atoms with Crippen LogP contribution in [0.1, 0.15) is 39.1 Å². The first-order valence-electron chi connectivity index (χ1n) is 7.36. The summed E-state index contributed by atoms with van der Waals surface area (Å²) in [5, 5.41) is 0. The predicted molar refractivity (Wildman–Crippen MR) is 87.5 cm³/mol. The molecule has 2 N–H and O–H groups in total. The molecule has 4 nitrogen and oxygen atoms in total. The standard InChI is InChI=1S/C17H25N3O/c1-11(2)8-14(18)17-19-15-9-13(21-5)6-7-16(15)20(17)10-12(3)4/h6-7,9,11,14H,3,8,10,18H2,1-2,4-5H3. The van der Waals surface area contributed by atoms with Crippen molar-refractivity contribution in [3.63, 3.8) is 0 Å². The van der Waals surface area contributed by atoms with E-state index in [0.29, 0.717) is 5.92 Å². The third-order valence-electron chi connectivity index (χ3n) is 3.47. The maximum absolute atomic E-state index is 6.36. The highest BCUT2D eigenvalue weighted by Crippen LogP contribution is 2.27. The number of nitrogens with zero attached hydrogens (tertiary/aromatic N) is 2. The summed E-state index contributed by atoms with van der Waals surface area (Å²) in [5.41, 5.74) is 9.45. The summed E-state index contributed by atoms with van der Waals surface area (Å²) in [5.74, 6) is 2.27. The zero-order chi connectivity index (χ0) is 15.6. The number of hydrogen-bond acceptors (Lipinski definition) is 3. The molecule has 114 valence electrons. The van der Waals surface area contributed by atoms with E-state index in [9.17, 15) is 0 Å². The largest absolute Gasteiger partial charge is 0.497 e. The van der Waals surface area contributed by atoms with Crippen LogP contribution in [0.15, 0.2) is 30.4 Å². The third-order valence-corrected chi connectivity index (χ3v) is 3.47. The van der Waals surface area contributed by atoms with Gasteiger partial charge in [-0.1, -0.05) is 26.0 Å². The van der Waals surface area contributed by atoms with Crippen molar-refractivity contribution in [1.29, 1.82) is 0 Å². The van der Waals surface area contributed by atoms with Crippen molar-refractivity contribution >= 4 is 11.0 Å². The van der Waals surface area contributed by atoms with Gasteiger partial charge in [-0.25, -0.2) is 4.98 Å². The number of nitrogens with two attached hydrogens (primary N) is 1. The zero-order valence-electron chi connectivity index (χ0n) is 13.4. The van der Waals surface area contributed by atoms with E-state index in [4.69, 9.17) is 15.5 Å². The van der Waals surface area contributed by atoms with E-state index in [1.807, 2.05) is 25.1 Å². The number of allylic oxidation sites excluding steroid dienone is 1. The average molecular weight is 287 g/mol. The van der Waals surface area contributed by atoms with Gasteiger partial charge < -0.3 is 15.0 Å². The Hall–Kier alpha value is -1.81. The number of fused-ring (bicyclic) bond motifs is 1. The molecule has 1 aromatic carbocycles. The van der Waals surface area contributed by atoms with E-state index in [-0.39, 0.29) is 6.04 Å². The van der Waals surface area contributed by atoms with Gasteiger partial charge in [-0.3, -0.25) is 0 Å². The molecule has 4 heteroatoms. The molecule has 0 aliphatic heterocycles. The first kappa shape index (κ1) is 15.6. The number of imidazole rings is 1. The number of hydrogen-bond donors (Lipinski definition) is 1. The SMILES string of the molecule is C=C(C)Cn1c(C(N)CC(C)C)nc2cc(OC)ccc21. The predicted octanol–water partition coefficient (Wildman–Crippen LogP) is 3.67. The number of methoxy groups -OCH3 is 1. The Kier molecular flexibility index (Phi) is 4.68. The summed E-state index contributed by atoms with van der Waals surface area (Å²) < 4.78 is 7.45. The zero-order valence-corrected chi connectivity index (χ0v) is 13.4. The van der Waals surface area contributed by atoms with Crippen molar-refractivity contribution in [3.05, 3.63) is 36.2 Å². The van der Waals surface area contributed by atoms with Crippen LogP contribution in [0.3, 0.4) is 0 Å². The highest BCUT2D eigenvalue weighted by molar-refractivity contribution is 5.78. The van der Waals surface area contributed by atoms with Crippen LogP contribution in [0.4, 0.5) is 0 Å². The van der Waals surface area contributed by atoms with Gasteiger partial charge in [0, 0.05) is 12.6 Å². The lowest BCUT2D eigenvalue weighted by atomic mass is 10.0. The molecule has 0 bridgehead atoms. The summed E-state index contributed by atoms with van der Waals surface area (Å²) >= 11 is 0. The number of ether oxygens (including phenoxy) is 1. The second-order valence-electron chi connectivity index (χ2n) is 6.10. The third kappa shape index (κ3) is 3.45. The van der Waals surface area contributed by atoms with Crippen LogP contribution in [0.25, 0.3) is 11.0 Å².